The standard InChI is InChI=1S/C17H24N2O2S/c1-22(20,21)17-9-5-4-8-16(17)18-11-10-13-12-19-15-7-3-2-6-14(13)15/h2-3,6-7,12,16-19H,4-5,8-11H2,1H3/t16-,17+/m0/s1. The van der Waals surface area contributed by atoms with Gasteiger partial charge in [-0.05, 0) is 37.4 Å². The largest absolute Gasteiger partial charge is 0.361 e. The van der Waals surface area contributed by atoms with Crippen LogP contribution in [0.1, 0.15) is 31.2 Å². The van der Waals surface area contributed by atoms with Gasteiger partial charge in [-0.2, -0.15) is 0 Å². The third kappa shape index (κ3) is 3.36. The molecule has 1 fully saturated rings. The molecule has 3 rings (SSSR count). The molecule has 1 aliphatic carbocycles. The smallest absolute Gasteiger partial charge is 0.151 e. The highest BCUT2D eigenvalue weighted by atomic mass is 32.2. The quantitative estimate of drug-likeness (QED) is 0.890. The second-order valence-electron chi connectivity index (χ2n) is 6.32. The summed E-state index contributed by atoms with van der Waals surface area (Å²) in [5.74, 6) is 0. The van der Waals surface area contributed by atoms with E-state index in [1.54, 1.807) is 0 Å². The van der Waals surface area contributed by atoms with Gasteiger partial charge in [-0.1, -0.05) is 31.0 Å². The van der Waals surface area contributed by atoms with Crippen LogP contribution in [0.2, 0.25) is 0 Å². The molecule has 0 unspecified atom stereocenters. The second-order valence-corrected chi connectivity index (χ2v) is 8.59. The maximum atomic E-state index is 11.9. The Balaban J connectivity index is 1.62. The van der Waals surface area contributed by atoms with E-state index < -0.39 is 9.84 Å². The summed E-state index contributed by atoms with van der Waals surface area (Å²) in [6.45, 7) is 0.818. The number of rotatable bonds is 5. The highest BCUT2D eigenvalue weighted by molar-refractivity contribution is 7.91. The van der Waals surface area contributed by atoms with E-state index in [2.05, 4.69) is 28.6 Å². The fourth-order valence-electron chi connectivity index (χ4n) is 3.57. The Morgan fingerprint density at radius 1 is 1.23 bits per heavy atom. The molecule has 1 aromatic carbocycles. The van der Waals surface area contributed by atoms with Crippen LogP contribution in [-0.2, 0) is 16.3 Å². The molecule has 1 saturated carbocycles. The van der Waals surface area contributed by atoms with Gasteiger partial charge in [0.25, 0.3) is 0 Å². The summed E-state index contributed by atoms with van der Waals surface area (Å²) in [5, 5.41) is 4.53. The maximum Gasteiger partial charge on any atom is 0.151 e. The maximum absolute atomic E-state index is 11.9. The van der Waals surface area contributed by atoms with Crippen molar-refractivity contribution in [1.82, 2.24) is 10.3 Å². The predicted octanol–water partition coefficient (Wildman–Crippen LogP) is 2.66. The Bertz CT molecular complexity index is 736. The zero-order chi connectivity index (χ0) is 15.6. The van der Waals surface area contributed by atoms with Crippen molar-refractivity contribution in [3.63, 3.8) is 0 Å². The number of fused-ring (bicyclic) bond motifs is 1. The van der Waals surface area contributed by atoms with Crippen molar-refractivity contribution < 1.29 is 8.42 Å². The topological polar surface area (TPSA) is 62.0 Å². The average molecular weight is 320 g/mol. The predicted molar refractivity (Wildman–Crippen MR) is 90.9 cm³/mol. The molecule has 120 valence electrons. The summed E-state index contributed by atoms with van der Waals surface area (Å²) in [6, 6.07) is 8.38. The summed E-state index contributed by atoms with van der Waals surface area (Å²) in [5.41, 5.74) is 2.44. The molecule has 2 aromatic rings. The van der Waals surface area contributed by atoms with Gasteiger partial charge >= 0.3 is 0 Å². The third-order valence-electron chi connectivity index (χ3n) is 4.73. The van der Waals surface area contributed by atoms with Crippen molar-refractivity contribution in [2.24, 2.45) is 0 Å². The first-order valence-corrected chi connectivity index (χ1v) is 9.98. The number of hydrogen-bond donors (Lipinski definition) is 2. The third-order valence-corrected chi connectivity index (χ3v) is 6.39. The molecule has 4 nitrogen and oxygen atoms in total. The number of nitrogens with one attached hydrogen (secondary N) is 2. The number of sulfone groups is 1. The number of benzene rings is 1. The van der Waals surface area contributed by atoms with Crippen LogP contribution in [0.4, 0.5) is 0 Å². The normalized spacial score (nSPS) is 23.0. The molecule has 1 aliphatic rings. The molecular weight excluding hydrogens is 296 g/mol. The first kappa shape index (κ1) is 15.6. The van der Waals surface area contributed by atoms with Crippen LogP contribution in [-0.4, -0.2) is 37.5 Å². The van der Waals surface area contributed by atoms with Gasteiger partial charge in [-0.3, -0.25) is 0 Å². The van der Waals surface area contributed by atoms with Crippen LogP contribution in [0.25, 0.3) is 10.9 Å². The van der Waals surface area contributed by atoms with Crippen LogP contribution in [0, 0.1) is 0 Å². The molecule has 2 N–H and O–H groups in total. The van der Waals surface area contributed by atoms with Crippen LogP contribution >= 0.6 is 0 Å². The van der Waals surface area contributed by atoms with Gasteiger partial charge < -0.3 is 10.3 Å². The monoisotopic (exact) mass is 320 g/mol. The Morgan fingerprint density at radius 3 is 2.82 bits per heavy atom. The van der Waals surface area contributed by atoms with E-state index in [1.807, 2.05) is 12.1 Å². The van der Waals surface area contributed by atoms with Crippen LogP contribution in [0.5, 0.6) is 0 Å². The van der Waals surface area contributed by atoms with Crippen molar-refractivity contribution >= 4 is 20.7 Å². The second kappa shape index (κ2) is 6.42. The van der Waals surface area contributed by atoms with E-state index in [1.165, 1.54) is 17.2 Å². The molecule has 0 saturated heterocycles. The van der Waals surface area contributed by atoms with E-state index in [0.29, 0.717) is 0 Å². The Morgan fingerprint density at radius 2 is 2.00 bits per heavy atom. The first-order valence-electron chi connectivity index (χ1n) is 8.03. The molecule has 2 atom stereocenters. The molecule has 0 bridgehead atoms. The van der Waals surface area contributed by atoms with Crippen molar-refractivity contribution in [3.05, 3.63) is 36.0 Å². The number of aromatic amines is 1. The van der Waals surface area contributed by atoms with Crippen molar-refractivity contribution in [1.29, 1.82) is 0 Å². The molecule has 22 heavy (non-hydrogen) atoms. The van der Waals surface area contributed by atoms with Gasteiger partial charge in [0.15, 0.2) is 9.84 Å². The minimum Gasteiger partial charge on any atom is -0.361 e. The molecule has 1 heterocycles. The number of hydrogen-bond acceptors (Lipinski definition) is 3. The summed E-state index contributed by atoms with van der Waals surface area (Å²) in [4.78, 5) is 3.29. The van der Waals surface area contributed by atoms with E-state index in [-0.39, 0.29) is 11.3 Å². The zero-order valence-electron chi connectivity index (χ0n) is 13.0. The summed E-state index contributed by atoms with van der Waals surface area (Å²) in [6.07, 6.45) is 8.25. The number of aromatic nitrogens is 1. The van der Waals surface area contributed by atoms with Crippen molar-refractivity contribution in [2.45, 2.75) is 43.4 Å². The van der Waals surface area contributed by atoms with Crippen LogP contribution in [0.3, 0.4) is 0 Å². The lowest BCUT2D eigenvalue weighted by Gasteiger charge is -2.31. The molecule has 0 amide bonds. The van der Waals surface area contributed by atoms with Crippen molar-refractivity contribution in [3.8, 4) is 0 Å². The highest BCUT2D eigenvalue weighted by Crippen LogP contribution is 2.24. The van der Waals surface area contributed by atoms with Crippen molar-refractivity contribution in [2.75, 3.05) is 12.8 Å². The van der Waals surface area contributed by atoms with E-state index >= 15 is 0 Å². The Kier molecular flexibility index (Phi) is 4.54. The Hall–Kier alpha value is -1.33. The van der Waals surface area contributed by atoms with Crippen LogP contribution in [0.15, 0.2) is 30.5 Å². The van der Waals surface area contributed by atoms with Crippen LogP contribution < -0.4 is 5.32 Å². The Labute approximate surface area is 132 Å². The highest BCUT2D eigenvalue weighted by Gasteiger charge is 2.32. The molecular formula is C17H24N2O2S. The van der Waals surface area contributed by atoms with E-state index in [9.17, 15) is 8.42 Å². The van der Waals surface area contributed by atoms with E-state index in [0.717, 1.165) is 44.2 Å². The van der Waals surface area contributed by atoms with E-state index in [4.69, 9.17) is 0 Å². The molecule has 1 aromatic heterocycles. The fourth-order valence-corrected chi connectivity index (χ4v) is 5.00. The summed E-state index contributed by atoms with van der Waals surface area (Å²) in [7, 11) is -2.96. The number of para-hydroxylation sites is 1. The SMILES string of the molecule is CS(=O)(=O)[C@@H]1CCCC[C@@H]1NCCc1c[nH]c2ccccc12. The first-order chi connectivity index (χ1) is 10.6. The lowest BCUT2D eigenvalue weighted by atomic mass is 9.94. The van der Waals surface area contributed by atoms with Gasteiger partial charge in [-0.25, -0.2) is 8.42 Å². The van der Waals surface area contributed by atoms with Gasteiger partial charge in [0.2, 0.25) is 0 Å². The summed E-state index contributed by atoms with van der Waals surface area (Å²) < 4.78 is 23.8. The van der Waals surface area contributed by atoms with Gasteiger partial charge in [0.1, 0.15) is 0 Å². The molecule has 0 spiro atoms. The zero-order valence-corrected chi connectivity index (χ0v) is 13.8. The van der Waals surface area contributed by atoms with Gasteiger partial charge in [0, 0.05) is 29.4 Å². The lowest BCUT2D eigenvalue weighted by Crippen LogP contribution is -2.46. The molecule has 5 heteroatoms. The fraction of sp³-hybridized carbons (Fsp3) is 0.529. The average Bonchev–Trinajstić information content (AvgIpc) is 2.90. The summed E-state index contributed by atoms with van der Waals surface area (Å²) >= 11 is 0. The molecule has 0 aliphatic heterocycles. The lowest BCUT2D eigenvalue weighted by molar-refractivity contribution is 0.374. The van der Waals surface area contributed by atoms with Gasteiger partial charge in [0.05, 0.1) is 5.25 Å². The minimum absolute atomic E-state index is 0.106. The number of H-pyrrole nitrogens is 1. The van der Waals surface area contributed by atoms with Gasteiger partial charge in [-0.15, -0.1) is 0 Å². The molecule has 0 radical (unpaired) electrons. The minimum atomic E-state index is -2.96.